The third-order valence-electron chi connectivity index (χ3n) is 5.04. The Kier molecular flexibility index (Phi) is 5.03. The summed E-state index contributed by atoms with van der Waals surface area (Å²) in [6.45, 7) is 2.80. The minimum Gasteiger partial charge on any atom is -0.465 e. The Morgan fingerprint density at radius 3 is 2.58 bits per heavy atom. The Morgan fingerprint density at radius 1 is 1.15 bits per heavy atom. The summed E-state index contributed by atoms with van der Waals surface area (Å²) in [7, 11) is 1.15. The quantitative estimate of drug-likeness (QED) is 0.452. The van der Waals surface area contributed by atoms with Crippen LogP contribution in [0, 0.1) is 20.2 Å². The van der Waals surface area contributed by atoms with Crippen molar-refractivity contribution in [3.8, 4) is 0 Å². The normalized spacial score (nSPS) is 20.3. The number of hydrogen-bond donors (Lipinski definition) is 0. The van der Waals surface area contributed by atoms with E-state index in [1.54, 1.807) is 4.90 Å². The van der Waals surface area contributed by atoms with Gasteiger partial charge in [-0.25, -0.2) is 4.79 Å². The molecular weight excluding hydrogens is 344 g/mol. The largest absolute Gasteiger partial charge is 0.465 e. The van der Waals surface area contributed by atoms with Gasteiger partial charge in [-0.3, -0.25) is 25.1 Å². The van der Waals surface area contributed by atoms with Gasteiger partial charge >= 0.3 is 5.97 Å². The van der Waals surface area contributed by atoms with Crippen molar-refractivity contribution < 1.29 is 19.4 Å². The average molecular weight is 364 g/mol. The van der Waals surface area contributed by atoms with Crippen LogP contribution in [-0.2, 0) is 4.74 Å². The first-order valence-electron chi connectivity index (χ1n) is 8.46. The first kappa shape index (κ1) is 18.1. The Labute approximate surface area is 149 Å². The molecule has 0 spiro atoms. The van der Waals surface area contributed by atoms with Gasteiger partial charge in [-0.15, -0.1) is 0 Å². The minimum atomic E-state index is -0.821. The number of benzene rings is 1. The van der Waals surface area contributed by atoms with Crippen molar-refractivity contribution in [2.75, 3.05) is 38.2 Å². The molecule has 1 aromatic carbocycles. The summed E-state index contributed by atoms with van der Waals surface area (Å²) in [6.07, 6.45) is 3.23. The molecule has 3 rings (SSSR count). The van der Waals surface area contributed by atoms with Crippen LogP contribution in [0.1, 0.15) is 29.6 Å². The summed E-state index contributed by atoms with van der Waals surface area (Å²) in [5, 5.41) is 22.7. The molecule has 1 unspecified atom stereocenters. The molecule has 2 saturated heterocycles. The molecule has 0 bridgehead atoms. The lowest BCUT2D eigenvalue weighted by atomic mass is 9.98. The van der Waals surface area contributed by atoms with Gasteiger partial charge in [0.15, 0.2) is 0 Å². The molecule has 0 N–H and O–H groups in total. The number of methoxy groups -OCH3 is 1. The molecule has 26 heavy (non-hydrogen) atoms. The monoisotopic (exact) mass is 364 g/mol. The van der Waals surface area contributed by atoms with Crippen LogP contribution in [0.3, 0.4) is 0 Å². The SMILES string of the molecule is COC(=O)c1cc([N+](=O)[O-])cc([N+](=O)[O-])c1N1CCN2CCCCC2C1. The first-order valence-corrected chi connectivity index (χ1v) is 8.46. The maximum atomic E-state index is 12.2. The van der Waals surface area contributed by atoms with Crippen LogP contribution in [0.4, 0.5) is 17.1 Å². The molecule has 140 valence electrons. The van der Waals surface area contributed by atoms with E-state index < -0.39 is 27.2 Å². The molecule has 0 amide bonds. The van der Waals surface area contributed by atoms with E-state index in [0.29, 0.717) is 13.1 Å². The van der Waals surface area contributed by atoms with Crippen molar-refractivity contribution in [2.24, 2.45) is 0 Å². The molecule has 2 aliphatic heterocycles. The Hall–Kier alpha value is -2.75. The van der Waals surface area contributed by atoms with E-state index in [1.165, 1.54) is 0 Å². The number of nitrogens with zero attached hydrogens (tertiary/aromatic N) is 4. The van der Waals surface area contributed by atoms with Gasteiger partial charge in [0, 0.05) is 31.7 Å². The molecule has 0 radical (unpaired) electrons. The predicted octanol–water partition coefficient (Wildman–Crippen LogP) is 1.96. The zero-order valence-electron chi connectivity index (χ0n) is 14.4. The Balaban J connectivity index is 2.07. The van der Waals surface area contributed by atoms with Crippen molar-refractivity contribution in [3.05, 3.63) is 37.9 Å². The van der Waals surface area contributed by atoms with E-state index in [0.717, 1.165) is 51.6 Å². The number of hydrogen-bond acceptors (Lipinski definition) is 8. The molecule has 2 fully saturated rings. The lowest BCUT2D eigenvalue weighted by Crippen LogP contribution is -2.55. The predicted molar refractivity (Wildman–Crippen MR) is 92.5 cm³/mol. The highest BCUT2D eigenvalue weighted by molar-refractivity contribution is 5.99. The number of carbonyl (C=O) groups excluding carboxylic acids is 1. The zero-order valence-corrected chi connectivity index (χ0v) is 14.4. The van der Waals surface area contributed by atoms with Crippen molar-refractivity contribution in [1.29, 1.82) is 0 Å². The maximum Gasteiger partial charge on any atom is 0.340 e. The number of piperazine rings is 1. The number of anilines is 1. The fraction of sp³-hybridized carbons (Fsp3) is 0.562. The van der Waals surface area contributed by atoms with E-state index in [2.05, 4.69) is 4.90 Å². The fourth-order valence-electron chi connectivity index (χ4n) is 3.81. The van der Waals surface area contributed by atoms with Crippen LogP contribution < -0.4 is 4.90 Å². The Bertz CT molecular complexity index is 753. The molecule has 2 aliphatic rings. The lowest BCUT2D eigenvalue weighted by molar-refractivity contribution is -0.393. The minimum absolute atomic E-state index is 0.109. The van der Waals surface area contributed by atoms with Gasteiger partial charge in [0.05, 0.1) is 28.6 Å². The number of nitro benzene ring substituents is 2. The van der Waals surface area contributed by atoms with Crippen LogP contribution in [0.5, 0.6) is 0 Å². The standard InChI is InChI=1S/C16H20N4O6/c1-26-16(21)13-8-12(19(22)23)9-14(20(24)25)15(13)18-7-6-17-5-3-2-4-11(17)10-18/h8-9,11H,2-7,10H2,1H3. The van der Waals surface area contributed by atoms with Gasteiger partial charge in [-0.05, 0) is 19.4 Å². The van der Waals surface area contributed by atoms with Crippen molar-refractivity contribution in [1.82, 2.24) is 4.90 Å². The van der Waals surface area contributed by atoms with Gasteiger partial charge in [-0.2, -0.15) is 0 Å². The van der Waals surface area contributed by atoms with E-state index in [1.807, 2.05) is 0 Å². The number of fused-ring (bicyclic) bond motifs is 1. The number of ether oxygens (including phenoxy) is 1. The molecule has 10 nitrogen and oxygen atoms in total. The second kappa shape index (κ2) is 7.24. The number of esters is 1. The molecule has 0 aromatic heterocycles. The summed E-state index contributed by atoms with van der Waals surface area (Å²) >= 11 is 0. The summed E-state index contributed by atoms with van der Waals surface area (Å²) < 4.78 is 4.72. The van der Waals surface area contributed by atoms with Gasteiger partial charge in [0.2, 0.25) is 0 Å². The smallest absolute Gasteiger partial charge is 0.340 e. The molecule has 1 aromatic rings. The molecule has 0 saturated carbocycles. The number of non-ortho nitro benzene ring substituents is 1. The van der Waals surface area contributed by atoms with Gasteiger partial charge in [-0.1, -0.05) is 6.42 Å². The van der Waals surface area contributed by atoms with Crippen LogP contribution in [0.25, 0.3) is 0 Å². The molecular formula is C16H20N4O6. The molecule has 0 aliphatic carbocycles. The van der Waals surface area contributed by atoms with Gasteiger partial charge in [0.1, 0.15) is 5.69 Å². The number of nitro groups is 2. The lowest BCUT2D eigenvalue weighted by Gasteiger charge is -2.44. The van der Waals surface area contributed by atoms with E-state index >= 15 is 0 Å². The topological polar surface area (TPSA) is 119 Å². The van der Waals surface area contributed by atoms with Crippen LogP contribution in [0.15, 0.2) is 12.1 Å². The second-order valence-corrected chi connectivity index (χ2v) is 6.50. The third-order valence-corrected chi connectivity index (χ3v) is 5.04. The second-order valence-electron chi connectivity index (χ2n) is 6.50. The Morgan fingerprint density at radius 2 is 1.92 bits per heavy atom. The zero-order chi connectivity index (χ0) is 18.8. The summed E-state index contributed by atoms with van der Waals surface area (Å²) in [5.41, 5.74) is -0.976. The number of carbonyl (C=O) groups is 1. The highest BCUT2D eigenvalue weighted by Gasteiger charge is 2.36. The number of piperidine rings is 1. The van der Waals surface area contributed by atoms with Crippen molar-refractivity contribution in [2.45, 2.75) is 25.3 Å². The summed E-state index contributed by atoms with van der Waals surface area (Å²) in [4.78, 5) is 37.6. The first-order chi connectivity index (χ1) is 12.4. The highest BCUT2D eigenvalue weighted by Crippen LogP contribution is 2.38. The van der Waals surface area contributed by atoms with Crippen molar-refractivity contribution >= 4 is 23.0 Å². The van der Waals surface area contributed by atoms with Gasteiger partial charge in [0.25, 0.3) is 11.4 Å². The summed E-state index contributed by atoms with van der Waals surface area (Å²) in [5.74, 6) is -0.821. The van der Waals surface area contributed by atoms with Crippen LogP contribution >= 0.6 is 0 Å². The van der Waals surface area contributed by atoms with Gasteiger partial charge < -0.3 is 9.64 Å². The highest BCUT2D eigenvalue weighted by atomic mass is 16.6. The maximum absolute atomic E-state index is 12.2. The van der Waals surface area contributed by atoms with E-state index in [-0.39, 0.29) is 17.3 Å². The molecule has 2 heterocycles. The van der Waals surface area contributed by atoms with Crippen LogP contribution in [0.2, 0.25) is 0 Å². The fourth-order valence-corrected chi connectivity index (χ4v) is 3.81. The molecule has 10 heteroatoms. The average Bonchev–Trinajstić information content (AvgIpc) is 2.65. The van der Waals surface area contributed by atoms with Crippen LogP contribution in [-0.4, -0.2) is 60.0 Å². The van der Waals surface area contributed by atoms with Crippen molar-refractivity contribution in [3.63, 3.8) is 0 Å². The molecule has 1 atom stereocenters. The number of rotatable bonds is 4. The van der Waals surface area contributed by atoms with E-state index in [9.17, 15) is 25.0 Å². The summed E-state index contributed by atoms with van der Waals surface area (Å²) in [6, 6.07) is 2.23. The van der Waals surface area contributed by atoms with E-state index in [4.69, 9.17) is 4.74 Å². The third kappa shape index (κ3) is 3.32.